The fourth-order valence-electron chi connectivity index (χ4n) is 1.98. The number of benzene rings is 2. The number of halogens is 4. The predicted molar refractivity (Wildman–Crippen MR) is 86.3 cm³/mol. The van der Waals surface area contributed by atoms with Crippen LogP contribution in [-0.2, 0) is 0 Å². The van der Waals surface area contributed by atoms with Crippen molar-refractivity contribution in [1.82, 2.24) is 0 Å². The van der Waals surface area contributed by atoms with Gasteiger partial charge in [-0.1, -0.05) is 0 Å². The van der Waals surface area contributed by atoms with Crippen molar-refractivity contribution in [2.75, 3.05) is 0 Å². The Bertz CT molecular complexity index is 519. The molecule has 0 radical (unpaired) electrons. The number of hydrogen-bond acceptors (Lipinski definition) is 0. The van der Waals surface area contributed by atoms with Crippen LogP contribution in [0.15, 0.2) is 48.5 Å². The van der Waals surface area contributed by atoms with E-state index in [1.165, 1.54) is 0 Å². The second-order valence-corrected chi connectivity index (χ2v) is 22.7. The van der Waals surface area contributed by atoms with Crippen LogP contribution >= 0.6 is 40.4 Å². The third-order valence-corrected chi connectivity index (χ3v) is 18.6. The Morgan fingerprint density at radius 2 is 0.722 bits per heavy atom. The molecule has 1 heterocycles. The van der Waals surface area contributed by atoms with E-state index in [-0.39, 0.29) is 0 Å². The molecule has 2 aromatic rings. The van der Waals surface area contributed by atoms with E-state index in [1.54, 1.807) is 0 Å². The van der Waals surface area contributed by atoms with Crippen LogP contribution in [0.1, 0.15) is 0 Å². The molecule has 2 aromatic carbocycles. The van der Waals surface area contributed by atoms with Crippen molar-refractivity contribution in [2.24, 2.45) is 0 Å². The Balaban J connectivity index is 2.41. The summed E-state index contributed by atoms with van der Waals surface area (Å²) in [4.78, 5) is 0. The van der Waals surface area contributed by atoms with Crippen molar-refractivity contribution >= 4 is 80.3 Å². The van der Waals surface area contributed by atoms with Gasteiger partial charge in [0.05, 0.1) is 0 Å². The van der Waals surface area contributed by atoms with E-state index in [1.807, 2.05) is 48.5 Å². The molecular formula is C12H8Cl4Se2. The van der Waals surface area contributed by atoms with Crippen LogP contribution in [-0.4, -0.2) is 22.0 Å². The summed E-state index contributed by atoms with van der Waals surface area (Å²) in [7, 11) is 26.8. The molecule has 0 bridgehead atoms. The summed E-state index contributed by atoms with van der Waals surface area (Å²) in [5.41, 5.74) is 0. The molecule has 0 nitrogen and oxygen atoms in total. The molecule has 0 atom stereocenters. The third kappa shape index (κ3) is 1.87. The topological polar surface area (TPSA) is 0 Å². The van der Waals surface area contributed by atoms with Crippen molar-refractivity contribution in [2.45, 2.75) is 0 Å². The van der Waals surface area contributed by atoms with Gasteiger partial charge in [0, 0.05) is 0 Å². The number of fused-ring (bicyclic) bond motifs is 2. The summed E-state index contributed by atoms with van der Waals surface area (Å²) in [5, 5.41) is 0. The molecule has 0 spiro atoms. The minimum absolute atomic E-state index is 0.959. The van der Waals surface area contributed by atoms with Gasteiger partial charge >= 0.3 is 129 Å². The average Bonchev–Trinajstić information content (AvgIpc) is 2.37. The van der Waals surface area contributed by atoms with Crippen LogP contribution in [0.2, 0.25) is 0 Å². The van der Waals surface area contributed by atoms with Gasteiger partial charge in [0.2, 0.25) is 0 Å². The molecule has 0 unspecified atom stereocenters. The van der Waals surface area contributed by atoms with E-state index < -0.39 is 22.0 Å². The van der Waals surface area contributed by atoms with Gasteiger partial charge in [-0.05, 0) is 0 Å². The van der Waals surface area contributed by atoms with Crippen LogP contribution in [0.3, 0.4) is 0 Å². The molecule has 18 heavy (non-hydrogen) atoms. The second kappa shape index (κ2) is 4.58. The van der Waals surface area contributed by atoms with Crippen molar-refractivity contribution in [3.8, 4) is 0 Å². The summed E-state index contributed by atoms with van der Waals surface area (Å²) in [6, 6.07) is 15.6. The minimum atomic E-state index is -2.91. The van der Waals surface area contributed by atoms with E-state index in [0.717, 1.165) is 17.8 Å². The molecule has 0 fully saturated rings. The van der Waals surface area contributed by atoms with Crippen LogP contribution in [0, 0.1) is 0 Å². The van der Waals surface area contributed by atoms with Gasteiger partial charge < -0.3 is 0 Å². The summed E-state index contributed by atoms with van der Waals surface area (Å²) in [5.74, 6) is 0. The molecule has 96 valence electrons. The molecular weight excluding hydrogens is 444 g/mol. The first-order valence-corrected chi connectivity index (χ1v) is 17.5. The van der Waals surface area contributed by atoms with Gasteiger partial charge in [0.25, 0.3) is 0 Å². The van der Waals surface area contributed by atoms with Gasteiger partial charge in [-0.2, -0.15) is 0 Å². The Labute approximate surface area is 128 Å². The summed E-state index contributed by atoms with van der Waals surface area (Å²) < 4.78 is 3.84. The second-order valence-electron chi connectivity index (χ2n) is 3.83. The molecule has 1 aliphatic rings. The molecule has 6 heteroatoms. The molecule has 0 saturated carbocycles. The first-order chi connectivity index (χ1) is 8.45. The average molecular weight is 452 g/mol. The quantitative estimate of drug-likeness (QED) is 0.538. The third-order valence-electron chi connectivity index (χ3n) is 2.80. The molecule has 3 rings (SSSR count). The Hall–Kier alpha value is 0.639. The summed E-state index contributed by atoms with van der Waals surface area (Å²) in [6.45, 7) is 0. The van der Waals surface area contributed by atoms with E-state index >= 15 is 0 Å². The Morgan fingerprint density at radius 1 is 0.500 bits per heavy atom. The van der Waals surface area contributed by atoms with E-state index in [4.69, 9.17) is 40.4 Å². The van der Waals surface area contributed by atoms with Crippen LogP contribution in [0.25, 0.3) is 0 Å². The molecule has 0 N–H and O–H groups in total. The van der Waals surface area contributed by atoms with Crippen molar-refractivity contribution in [3.05, 3.63) is 48.5 Å². The fourth-order valence-corrected chi connectivity index (χ4v) is 23.1. The molecule has 1 aliphatic heterocycles. The van der Waals surface area contributed by atoms with Crippen molar-refractivity contribution < 1.29 is 0 Å². The first kappa shape index (κ1) is 13.6. The predicted octanol–water partition coefficient (Wildman–Crippen LogP) is 2.07. The first-order valence-electron chi connectivity index (χ1n) is 5.09. The van der Waals surface area contributed by atoms with Crippen LogP contribution < -0.4 is 17.8 Å². The number of hydrogen-bond donors (Lipinski definition) is 0. The maximum absolute atomic E-state index is 6.69. The van der Waals surface area contributed by atoms with Gasteiger partial charge in [0.1, 0.15) is 0 Å². The summed E-state index contributed by atoms with van der Waals surface area (Å²) >= 11 is -5.82. The maximum atomic E-state index is 6.69. The van der Waals surface area contributed by atoms with Gasteiger partial charge in [-0.25, -0.2) is 0 Å². The SMILES string of the molecule is Cl[Se]1(Cl)c2ccccc2[Se](Cl)(Cl)c2ccccc21. The van der Waals surface area contributed by atoms with Gasteiger partial charge in [-0.15, -0.1) is 0 Å². The fraction of sp³-hybridized carbons (Fsp3) is 0. The van der Waals surface area contributed by atoms with Crippen LogP contribution in [0.4, 0.5) is 0 Å². The van der Waals surface area contributed by atoms with Crippen LogP contribution in [0.5, 0.6) is 0 Å². The summed E-state index contributed by atoms with van der Waals surface area (Å²) in [6.07, 6.45) is 0. The molecule has 0 aliphatic carbocycles. The molecule has 0 aromatic heterocycles. The molecule has 0 amide bonds. The normalized spacial score (nSPS) is 22.4. The monoisotopic (exact) mass is 452 g/mol. The van der Waals surface area contributed by atoms with E-state index in [0.29, 0.717) is 0 Å². The zero-order chi connectivity index (χ0) is 13.0. The van der Waals surface area contributed by atoms with Gasteiger partial charge in [0.15, 0.2) is 0 Å². The van der Waals surface area contributed by atoms with Crippen molar-refractivity contribution in [3.63, 3.8) is 0 Å². The van der Waals surface area contributed by atoms with E-state index in [2.05, 4.69) is 0 Å². The Morgan fingerprint density at radius 3 is 0.944 bits per heavy atom. The standard InChI is InChI=1S/C12H8Cl4Se2/c13-17(14)9-5-1-2-6-10(9)18(15,16)12-8-4-3-7-11(12)17/h1-8H. The zero-order valence-corrected chi connectivity index (χ0v) is 15.4. The zero-order valence-electron chi connectivity index (χ0n) is 8.95. The Kier molecular flexibility index (Phi) is 3.47. The van der Waals surface area contributed by atoms with Gasteiger partial charge in [-0.3, -0.25) is 0 Å². The number of rotatable bonds is 0. The molecule has 0 saturated heterocycles. The van der Waals surface area contributed by atoms with E-state index in [9.17, 15) is 0 Å². The van der Waals surface area contributed by atoms with Crippen molar-refractivity contribution in [1.29, 1.82) is 0 Å².